The van der Waals surface area contributed by atoms with Crippen LogP contribution in [-0.4, -0.2) is 55.1 Å². The fourth-order valence-corrected chi connectivity index (χ4v) is 3.40. The fourth-order valence-electron chi connectivity index (χ4n) is 3.40. The van der Waals surface area contributed by atoms with Gasteiger partial charge in [0.15, 0.2) is 0 Å². The van der Waals surface area contributed by atoms with Crippen LogP contribution in [0.4, 0.5) is 10.5 Å². The number of carbonyl (C=O) groups is 2. The SMILES string of the molecule is CCN(CCN1C(=O)NC2(CCNCC2)C1=O)c1ccccc1. The number of hydrogen-bond donors (Lipinski definition) is 2. The average Bonchev–Trinajstić information content (AvgIpc) is 2.81. The third kappa shape index (κ3) is 3.03. The van der Waals surface area contributed by atoms with Gasteiger partial charge in [0.05, 0.1) is 0 Å². The number of anilines is 1. The zero-order valence-electron chi connectivity index (χ0n) is 13.5. The highest BCUT2D eigenvalue weighted by Crippen LogP contribution is 2.27. The molecule has 0 unspecified atom stereocenters. The van der Waals surface area contributed by atoms with Gasteiger partial charge in [-0.3, -0.25) is 9.69 Å². The molecule has 1 aromatic rings. The van der Waals surface area contributed by atoms with Crippen molar-refractivity contribution in [3.63, 3.8) is 0 Å². The summed E-state index contributed by atoms with van der Waals surface area (Å²) in [5.74, 6) is -0.0619. The third-order valence-electron chi connectivity index (χ3n) is 4.80. The van der Waals surface area contributed by atoms with Crippen LogP contribution in [0, 0.1) is 0 Å². The summed E-state index contributed by atoms with van der Waals surface area (Å²) in [5.41, 5.74) is 0.435. The van der Waals surface area contributed by atoms with Gasteiger partial charge in [0, 0.05) is 25.3 Å². The summed E-state index contributed by atoms with van der Waals surface area (Å²) in [6, 6.07) is 9.81. The molecule has 2 fully saturated rings. The van der Waals surface area contributed by atoms with E-state index in [0.29, 0.717) is 25.9 Å². The minimum absolute atomic E-state index is 0.0619. The lowest BCUT2D eigenvalue weighted by atomic mass is 9.88. The Hall–Kier alpha value is -2.08. The number of imide groups is 1. The maximum Gasteiger partial charge on any atom is 0.325 e. The highest BCUT2D eigenvalue weighted by molar-refractivity contribution is 6.07. The Morgan fingerprint density at radius 1 is 1.17 bits per heavy atom. The standard InChI is InChI=1S/C17H24N4O2/c1-2-20(14-6-4-3-5-7-14)12-13-21-15(22)17(19-16(21)23)8-10-18-11-9-17/h3-7,18H,2,8-13H2,1H3,(H,19,23). The smallest absolute Gasteiger partial charge is 0.325 e. The number of nitrogens with one attached hydrogen (secondary N) is 2. The number of likely N-dealkylation sites (N-methyl/N-ethyl adjacent to an activating group) is 1. The highest BCUT2D eigenvalue weighted by Gasteiger charge is 2.51. The second-order valence-electron chi connectivity index (χ2n) is 6.13. The highest BCUT2D eigenvalue weighted by atomic mass is 16.2. The van der Waals surface area contributed by atoms with E-state index in [2.05, 4.69) is 22.5 Å². The lowest BCUT2D eigenvalue weighted by Crippen LogP contribution is -2.54. The van der Waals surface area contributed by atoms with Gasteiger partial charge in [-0.1, -0.05) is 18.2 Å². The molecule has 3 amide bonds. The molecule has 23 heavy (non-hydrogen) atoms. The van der Waals surface area contributed by atoms with Crippen molar-refractivity contribution < 1.29 is 9.59 Å². The second kappa shape index (κ2) is 6.58. The van der Waals surface area contributed by atoms with Gasteiger partial charge >= 0.3 is 6.03 Å². The lowest BCUT2D eigenvalue weighted by molar-refractivity contribution is -0.132. The normalized spacial score (nSPS) is 20.0. The molecule has 6 nitrogen and oxygen atoms in total. The van der Waals surface area contributed by atoms with Gasteiger partial charge in [0.2, 0.25) is 0 Å². The van der Waals surface area contributed by atoms with Crippen molar-refractivity contribution in [2.24, 2.45) is 0 Å². The van der Waals surface area contributed by atoms with Crippen molar-refractivity contribution in [1.82, 2.24) is 15.5 Å². The molecule has 3 rings (SSSR count). The minimum Gasteiger partial charge on any atom is -0.370 e. The summed E-state index contributed by atoms with van der Waals surface area (Å²) in [7, 11) is 0. The molecule has 124 valence electrons. The monoisotopic (exact) mass is 316 g/mol. The molecule has 6 heteroatoms. The average molecular weight is 316 g/mol. The molecule has 2 saturated heterocycles. The first kappa shape index (κ1) is 15.8. The maximum absolute atomic E-state index is 12.7. The minimum atomic E-state index is -0.674. The first-order valence-electron chi connectivity index (χ1n) is 8.31. The van der Waals surface area contributed by atoms with Crippen molar-refractivity contribution in [3.8, 4) is 0 Å². The number of carbonyl (C=O) groups excluding carboxylic acids is 2. The van der Waals surface area contributed by atoms with Crippen LogP contribution in [0.3, 0.4) is 0 Å². The van der Waals surface area contributed by atoms with Gasteiger partial charge in [-0.25, -0.2) is 4.79 Å². The Labute approximate surface area is 136 Å². The molecule has 2 aliphatic rings. The largest absolute Gasteiger partial charge is 0.370 e. The topological polar surface area (TPSA) is 64.7 Å². The third-order valence-corrected chi connectivity index (χ3v) is 4.80. The Bertz CT molecular complexity index is 569. The van der Waals surface area contributed by atoms with Crippen LogP contribution in [0.25, 0.3) is 0 Å². The summed E-state index contributed by atoms with van der Waals surface area (Å²) in [6.45, 7) is 5.52. The number of benzene rings is 1. The molecule has 0 radical (unpaired) electrons. The molecular formula is C17H24N4O2. The molecule has 0 atom stereocenters. The molecule has 1 aromatic carbocycles. The first-order valence-corrected chi connectivity index (χ1v) is 8.31. The summed E-state index contributed by atoms with van der Waals surface area (Å²) in [5, 5.41) is 6.17. The first-order chi connectivity index (χ1) is 11.2. The number of amides is 3. The Kier molecular flexibility index (Phi) is 4.52. The summed E-state index contributed by atoms with van der Waals surface area (Å²) in [4.78, 5) is 28.5. The summed E-state index contributed by atoms with van der Waals surface area (Å²) in [6.07, 6.45) is 1.34. The fraction of sp³-hybridized carbons (Fsp3) is 0.529. The van der Waals surface area contributed by atoms with Crippen LogP contribution in [0.5, 0.6) is 0 Å². The number of urea groups is 1. The number of para-hydroxylation sites is 1. The van der Waals surface area contributed by atoms with Crippen LogP contribution in [-0.2, 0) is 4.79 Å². The second-order valence-corrected chi connectivity index (χ2v) is 6.13. The number of piperidine rings is 1. The van der Waals surface area contributed by atoms with Gasteiger partial charge < -0.3 is 15.5 Å². The van der Waals surface area contributed by atoms with Crippen LogP contribution >= 0.6 is 0 Å². The molecule has 0 aromatic heterocycles. The molecule has 0 saturated carbocycles. The van der Waals surface area contributed by atoms with E-state index in [1.54, 1.807) is 0 Å². The van der Waals surface area contributed by atoms with E-state index in [1.807, 2.05) is 30.3 Å². The van der Waals surface area contributed by atoms with E-state index in [0.717, 1.165) is 25.3 Å². The molecule has 0 aliphatic carbocycles. The maximum atomic E-state index is 12.7. The molecule has 2 heterocycles. The molecule has 2 N–H and O–H groups in total. The van der Waals surface area contributed by atoms with E-state index in [1.165, 1.54) is 4.90 Å². The van der Waals surface area contributed by atoms with Crippen LogP contribution in [0.1, 0.15) is 19.8 Å². The van der Waals surface area contributed by atoms with Crippen molar-refractivity contribution in [2.75, 3.05) is 37.6 Å². The summed E-state index contributed by atoms with van der Waals surface area (Å²) < 4.78 is 0. The Morgan fingerprint density at radius 2 is 1.87 bits per heavy atom. The van der Waals surface area contributed by atoms with Crippen molar-refractivity contribution >= 4 is 17.6 Å². The quantitative estimate of drug-likeness (QED) is 0.801. The summed E-state index contributed by atoms with van der Waals surface area (Å²) >= 11 is 0. The van der Waals surface area contributed by atoms with Gasteiger partial charge in [-0.15, -0.1) is 0 Å². The van der Waals surface area contributed by atoms with Crippen LogP contribution in [0.2, 0.25) is 0 Å². The predicted molar refractivity (Wildman–Crippen MR) is 89.4 cm³/mol. The van der Waals surface area contributed by atoms with E-state index in [4.69, 9.17) is 0 Å². The molecule has 1 spiro atoms. The van der Waals surface area contributed by atoms with Crippen molar-refractivity contribution in [2.45, 2.75) is 25.3 Å². The van der Waals surface area contributed by atoms with Crippen molar-refractivity contribution in [3.05, 3.63) is 30.3 Å². The van der Waals surface area contributed by atoms with Gasteiger partial charge in [0.25, 0.3) is 5.91 Å². The van der Waals surface area contributed by atoms with Gasteiger partial charge in [0.1, 0.15) is 5.54 Å². The Morgan fingerprint density at radius 3 is 2.52 bits per heavy atom. The van der Waals surface area contributed by atoms with E-state index in [-0.39, 0.29) is 11.9 Å². The molecular weight excluding hydrogens is 292 g/mol. The predicted octanol–water partition coefficient (Wildman–Crippen LogP) is 1.19. The zero-order valence-corrected chi connectivity index (χ0v) is 13.5. The van der Waals surface area contributed by atoms with E-state index >= 15 is 0 Å². The lowest BCUT2D eigenvalue weighted by Gasteiger charge is -2.31. The number of rotatable bonds is 5. The van der Waals surface area contributed by atoms with Crippen LogP contribution < -0.4 is 15.5 Å². The van der Waals surface area contributed by atoms with Gasteiger partial charge in [-0.05, 0) is 45.0 Å². The molecule has 2 aliphatic heterocycles. The molecule has 0 bridgehead atoms. The van der Waals surface area contributed by atoms with E-state index < -0.39 is 5.54 Å². The number of hydrogen-bond acceptors (Lipinski definition) is 4. The zero-order chi connectivity index (χ0) is 16.3. The van der Waals surface area contributed by atoms with E-state index in [9.17, 15) is 9.59 Å². The van der Waals surface area contributed by atoms with Gasteiger partial charge in [-0.2, -0.15) is 0 Å². The van der Waals surface area contributed by atoms with Crippen molar-refractivity contribution in [1.29, 1.82) is 0 Å². The number of nitrogens with zero attached hydrogens (tertiary/aromatic N) is 2. The Balaban J connectivity index is 1.65. The van der Waals surface area contributed by atoms with Crippen LogP contribution in [0.15, 0.2) is 30.3 Å².